The van der Waals surface area contributed by atoms with Gasteiger partial charge in [-0.05, 0) is 50.5 Å². The maximum Gasteiger partial charge on any atom is 0.223 e. The highest BCUT2D eigenvalue weighted by Crippen LogP contribution is 2.32. The van der Waals surface area contributed by atoms with Gasteiger partial charge in [0, 0.05) is 37.3 Å². The Bertz CT molecular complexity index is 1260. The normalized spacial score (nSPS) is 15.8. The second-order valence-electron chi connectivity index (χ2n) is 8.28. The van der Waals surface area contributed by atoms with Gasteiger partial charge in [-0.25, -0.2) is 19.9 Å². The van der Waals surface area contributed by atoms with Gasteiger partial charge in [0.1, 0.15) is 23.8 Å². The van der Waals surface area contributed by atoms with Gasteiger partial charge in [0.2, 0.25) is 5.91 Å². The number of rotatable bonds is 7. The number of hydrogen-bond acceptors (Lipinski definition) is 6. The fourth-order valence-corrected chi connectivity index (χ4v) is 4.49. The molecule has 5 rings (SSSR count). The number of benzene rings is 1. The minimum absolute atomic E-state index is 0.0278. The lowest BCUT2D eigenvalue weighted by atomic mass is 10.1. The summed E-state index contributed by atoms with van der Waals surface area (Å²) in [5, 5.41) is 4.35. The van der Waals surface area contributed by atoms with Crippen molar-refractivity contribution < 1.29 is 4.79 Å². The monoisotopic (exact) mass is 441 g/mol. The van der Waals surface area contributed by atoms with E-state index in [-0.39, 0.29) is 11.9 Å². The molecule has 4 heterocycles. The molecular weight excluding hydrogens is 414 g/mol. The molecule has 1 unspecified atom stereocenters. The highest BCUT2D eigenvalue weighted by molar-refractivity contribution is 5.88. The van der Waals surface area contributed by atoms with Crippen LogP contribution in [-0.4, -0.2) is 48.4 Å². The lowest BCUT2D eigenvalue weighted by molar-refractivity contribution is -0.132. The summed E-state index contributed by atoms with van der Waals surface area (Å²) in [5.74, 6) is 2.71. The minimum Gasteiger partial charge on any atom is -0.369 e. The maximum absolute atomic E-state index is 13.1. The summed E-state index contributed by atoms with van der Waals surface area (Å²) in [6.07, 6.45) is 8.42. The van der Waals surface area contributed by atoms with E-state index in [0.717, 1.165) is 59.9 Å². The molecule has 1 aliphatic heterocycles. The van der Waals surface area contributed by atoms with Crippen molar-refractivity contribution in [1.29, 1.82) is 0 Å². The van der Waals surface area contributed by atoms with Gasteiger partial charge in [-0.15, -0.1) is 0 Å². The van der Waals surface area contributed by atoms with Crippen LogP contribution in [0.15, 0.2) is 61.2 Å². The van der Waals surface area contributed by atoms with Crippen molar-refractivity contribution in [3.05, 3.63) is 72.7 Å². The predicted octanol–water partition coefficient (Wildman–Crippen LogP) is 4.07. The molecule has 33 heavy (non-hydrogen) atoms. The van der Waals surface area contributed by atoms with E-state index in [2.05, 4.69) is 20.3 Å². The average Bonchev–Trinajstić information content (AvgIpc) is 3.51. The third-order valence-electron chi connectivity index (χ3n) is 6.15. The Kier molecular flexibility index (Phi) is 5.97. The first kappa shape index (κ1) is 21.1. The van der Waals surface area contributed by atoms with Crippen molar-refractivity contribution in [3.8, 4) is 5.82 Å². The Morgan fingerprint density at radius 1 is 1.12 bits per heavy atom. The molecule has 4 aromatic rings. The van der Waals surface area contributed by atoms with Gasteiger partial charge >= 0.3 is 0 Å². The molecule has 0 saturated carbocycles. The molecule has 1 aliphatic rings. The highest BCUT2D eigenvalue weighted by atomic mass is 16.2. The average molecular weight is 442 g/mol. The standard InChI is InChI=1S/C25H27N7O/c1-18-26-14-16-31(18)23-11-4-9-21(30-23)22-10-6-15-32(22)24(33)12-5-13-27-25-19-7-2-3-8-20(19)28-17-29-25/h2-4,7-9,11,14,16-17,22H,5-6,10,12-13,15H2,1H3,(H,27,28,29). The number of carbonyl (C=O) groups excluding carboxylic acids is 1. The minimum atomic E-state index is 0.0278. The van der Waals surface area contributed by atoms with E-state index >= 15 is 0 Å². The summed E-state index contributed by atoms with van der Waals surface area (Å²) in [7, 11) is 0. The van der Waals surface area contributed by atoms with Crippen LogP contribution in [0.5, 0.6) is 0 Å². The molecule has 1 atom stereocenters. The predicted molar refractivity (Wildman–Crippen MR) is 127 cm³/mol. The van der Waals surface area contributed by atoms with Crippen LogP contribution in [0.25, 0.3) is 16.7 Å². The van der Waals surface area contributed by atoms with Crippen LogP contribution >= 0.6 is 0 Å². The summed E-state index contributed by atoms with van der Waals surface area (Å²) < 4.78 is 1.97. The van der Waals surface area contributed by atoms with Crippen LogP contribution in [0.2, 0.25) is 0 Å². The summed E-state index contributed by atoms with van der Waals surface area (Å²) in [5.41, 5.74) is 1.85. The number of nitrogens with one attached hydrogen (secondary N) is 1. The Balaban J connectivity index is 1.21. The van der Waals surface area contributed by atoms with E-state index in [9.17, 15) is 4.79 Å². The lowest BCUT2D eigenvalue weighted by Crippen LogP contribution is -2.31. The number of aromatic nitrogens is 5. The summed E-state index contributed by atoms with van der Waals surface area (Å²) in [6.45, 7) is 3.42. The van der Waals surface area contributed by atoms with E-state index in [1.54, 1.807) is 12.5 Å². The Hall–Kier alpha value is -3.81. The number of amides is 1. The lowest BCUT2D eigenvalue weighted by Gasteiger charge is -2.25. The van der Waals surface area contributed by atoms with E-state index in [1.165, 1.54) is 0 Å². The number of anilines is 1. The van der Waals surface area contributed by atoms with Crippen molar-refractivity contribution in [1.82, 2.24) is 29.4 Å². The summed E-state index contributed by atoms with van der Waals surface area (Å²) in [4.78, 5) is 32.8. The number of likely N-dealkylation sites (tertiary alicyclic amines) is 1. The molecular formula is C25H27N7O. The highest BCUT2D eigenvalue weighted by Gasteiger charge is 2.30. The molecule has 1 fully saturated rings. The van der Waals surface area contributed by atoms with Gasteiger partial charge in [0.05, 0.1) is 17.3 Å². The molecule has 168 valence electrons. The number of hydrogen-bond donors (Lipinski definition) is 1. The van der Waals surface area contributed by atoms with E-state index in [4.69, 9.17) is 4.98 Å². The second-order valence-corrected chi connectivity index (χ2v) is 8.28. The van der Waals surface area contributed by atoms with Crippen LogP contribution in [0.1, 0.15) is 43.2 Å². The molecule has 1 N–H and O–H groups in total. The van der Waals surface area contributed by atoms with Gasteiger partial charge in [-0.3, -0.25) is 9.36 Å². The van der Waals surface area contributed by atoms with Crippen molar-refractivity contribution in [3.63, 3.8) is 0 Å². The summed E-state index contributed by atoms with van der Waals surface area (Å²) >= 11 is 0. The fourth-order valence-electron chi connectivity index (χ4n) is 4.49. The summed E-state index contributed by atoms with van der Waals surface area (Å²) in [6, 6.07) is 13.9. The Labute approximate surface area is 192 Å². The second kappa shape index (κ2) is 9.36. The number of carbonyl (C=O) groups is 1. The first-order chi connectivity index (χ1) is 16.2. The largest absolute Gasteiger partial charge is 0.369 e. The molecule has 1 saturated heterocycles. The molecule has 0 spiro atoms. The van der Waals surface area contributed by atoms with Crippen LogP contribution in [0.4, 0.5) is 5.82 Å². The van der Waals surface area contributed by atoms with Crippen LogP contribution in [0, 0.1) is 6.92 Å². The van der Waals surface area contributed by atoms with Crippen molar-refractivity contribution in [2.24, 2.45) is 0 Å². The van der Waals surface area contributed by atoms with Gasteiger partial charge in [-0.1, -0.05) is 18.2 Å². The number of imidazole rings is 1. The molecule has 3 aromatic heterocycles. The maximum atomic E-state index is 13.1. The Morgan fingerprint density at radius 2 is 2.03 bits per heavy atom. The number of nitrogens with zero attached hydrogens (tertiary/aromatic N) is 6. The zero-order chi connectivity index (χ0) is 22.6. The molecule has 1 amide bonds. The third kappa shape index (κ3) is 4.41. The molecule has 0 bridgehead atoms. The molecule has 8 nitrogen and oxygen atoms in total. The zero-order valence-electron chi connectivity index (χ0n) is 18.7. The number of pyridine rings is 1. The number of aryl methyl sites for hydroxylation is 1. The van der Waals surface area contributed by atoms with Gasteiger partial charge in [0.25, 0.3) is 0 Å². The third-order valence-corrected chi connectivity index (χ3v) is 6.15. The van der Waals surface area contributed by atoms with E-state index in [1.807, 2.05) is 65.1 Å². The smallest absolute Gasteiger partial charge is 0.223 e. The molecule has 1 aromatic carbocycles. The van der Waals surface area contributed by atoms with Gasteiger partial charge in [-0.2, -0.15) is 0 Å². The number of fused-ring (bicyclic) bond motifs is 1. The van der Waals surface area contributed by atoms with E-state index < -0.39 is 0 Å². The van der Waals surface area contributed by atoms with Crippen molar-refractivity contribution in [2.45, 2.75) is 38.6 Å². The zero-order valence-corrected chi connectivity index (χ0v) is 18.7. The SMILES string of the molecule is Cc1nccn1-c1cccc(C2CCCN2C(=O)CCCNc2ncnc3ccccc23)n1. The van der Waals surface area contributed by atoms with Crippen LogP contribution in [0.3, 0.4) is 0 Å². The van der Waals surface area contributed by atoms with Crippen LogP contribution in [-0.2, 0) is 4.79 Å². The van der Waals surface area contributed by atoms with Gasteiger partial charge in [0.15, 0.2) is 0 Å². The first-order valence-electron chi connectivity index (χ1n) is 11.4. The van der Waals surface area contributed by atoms with Crippen molar-refractivity contribution in [2.75, 3.05) is 18.4 Å². The van der Waals surface area contributed by atoms with Crippen molar-refractivity contribution >= 4 is 22.6 Å². The molecule has 0 aliphatic carbocycles. The molecule has 8 heteroatoms. The van der Waals surface area contributed by atoms with E-state index in [0.29, 0.717) is 13.0 Å². The fraction of sp³-hybridized carbons (Fsp3) is 0.320. The molecule has 0 radical (unpaired) electrons. The van der Waals surface area contributed by atoms with Gasteiger partial charge < -0.3 is 10.2 Å². The Morgan fingerprint density at radius 3 is 2.91 bits per heavy atom. The quantitative estimate of drug-likeness (QED) is 0.435. The number of para-hydroxylation sites is 1. The van der Waals surface area contributed by atoms with Crippen LogP contribution < -0.4 is 5.32 Å². The first-order valence-corrected chi connectivity index (χ1v) is 11.4. The topological polar surface area (TPSA) is 88.8 Å².